The van der Waals surface area contributed by atoms with E-state index in [-0.39, 0.29) is 12.7 Å². The molecule has 0 saturated carbocycles. The zero-order valence-electron chi connectivity index (χ0n) is 13.0. The lowest BCUT2D eigenvalue weighted by Gasteiger charge is -2.06. The van der Waals surface area contributed by atoms with Crippen molar-refractivity contribution in [3.05, 3.63) is 34.3 Å². The van der Waals surface area contributed by atoms with Crippen LogP contribution in [0.15, 0.2) is 23.6 Å². The van der Waals surface area contributed by atoms with Crippen LogP contribution in [0.3, 0.4) is 0 Å². The fourth-order valence-corrected chi connectivity index (χ4v) is 2.67. The molecule has 23 heavy (non-hydrogen) atoms. The van der Waals surface area contributed by atoms with E-state index in [9.17, 15) is 4.79 Å². The van der Waals surface area contributed by atoms with Crippen LogP contribution in [0.2, 0.25) is 0 Å². The summed E-state index contributed by atoms with van der Waals surface area (Å²) in [5.41, 5.74) is 0.430. The normalized spacial score (nSPS) is 12.5. The smallest absolute Gasteiger partial charge is 0.270 e. The number of benzene rings is 1. The SMILES string of the molecule is CC(C)CNC(=O)c1csc(COc2ccc3c(c2)OCO3)n1. The minimum absolute atomic E-state index is 0.149. The number of carbonyl (C=O) groups is 1. The highest BCUT2D eigenvalue weighted by Crippen LogP contribution is 2.35. The van der Waals surface area contributed by atoms with Crippen LogP contribution in [-0.4, -0.2) is 24.2 Å². The van der Waals surface area contributed by atoms with Gasteiger partial charge < -0.3 is 19.5 Å². The summed E-state index contributed by atoms with van der Waals surface area (Å²) in [6.45, 7) is 5.28. The van der Waals surface area contributed by atoms with Crippen LogP contribution in [-0.2, 0) is 6.61 Å². The maximum Gasteiger partial charge on any atom is 0.270 e. The van der Waals surface area contributed by atoms with Gasteiger partial charge in [0.15, 0.2) is 11.5 Å². The molecule has 2 aromatic rings. The number of carbonyl (C=O) groups excluding carboxylic acids is 1. The standard InChI is InChI=1S/C16H18N2O4S/c1-10(2)6-17-16(19)12-8-23-15(18-12)7-20-11-3-4-13-14(5-11)22-9-21-13/h3-5,8,10H,6-7,9H2,1-2H3,(H,17,19). The maximum absolute atomic E-state index is 11.9. The number of hydrogen-bond acceptors (Lipinski definition) is 6. The lowest BCUT2D eigenvalue weighted by atomic mass is 10.2. The largest absolute Gasteiger partial charge is 0.486 e. The Balaban J connectivity index is 1.56. The molecular formula is C16H18N2O4S. The van der Waals surface area contributed by atoms with Crippen LogP contribution in [0.1, 0.15) is 29.3 Å². The van der Waals surface area contributed by atoms with Crippen molar-refractivity contribution < 1.29 is 19.0 Å². The van der Waals surface area contributed by atoms with Gasteiger partial charge in [0.05, 0.1) is 0 Å². The zero-order chi connectivity index (χ0) is 16.2. The van der Waals surface area contributed by atoms with Crippen LogP contribution < -0.4 is 19.5 Å². The zero-order valence-corrected chi connectivity index (χ0v) is 13.8. The Morgan fingerprint density at radius 3 is 3.04 bits per heavy atom. The number of nitrogens with one attached hydrogen (secondary N) is 1. The molecule has 122 valence electrons. The van der Waals surface area contributed by atoms with Crippen LogP contribution in [0.4, 0.5) is 0 Å². The molecule has 1 aliphatic rings. The number of fused-ring (bicyclic) bond motifs is 1. The van der Waals surface area contributed by atoms with Crippen molar-refractivity contribution in [3.63, 3.8) is 0 Å². The van der Waals surface area contributed by atoms with Gasteiger partial charge in [-0.05, 0) is 18.1 Å². The van der Waals surface area contributed by atoms with Crippen LogP contribution >= 0.6 is 11.3 Å². The van der Waals surface area contributed by atoms with Gasteiger partial charge in [-0.1, -0.05) is 13.8 Å². The minimum atomic E-state index is -0.149. The van der Waals surface area contributed by atoms with E-state index >= 15 is 0 Å². The van der Waals surface area contributed by atoms with Gasteiger partial charge in [0.2, 0.25) is 6.79 Å². The van der Waals surface area contributed by atoms with E-state index in [4.69, 9.17) is 14.2 Å². The van der Waals surface area contributed by atoms with Crippen molar-refractivity contribution in [1.29, 1.82) is 0 Å². The quantitative estimate of drug-likeness (QED) is 0.880. The summed E-state index contributed by atoms with van der Waals surface area (Å²) in [4.78, 5) is 16.2. The highest BCUT2D eigenvalue weighted by atomic mass is 32.1. The van der Waals surface area contributed by atoms with Gasteiger partial charge in [0, 0.05) is 18.0 Å². The van der Waals surface area contributed by atoms with Crippen LogP contribution in [0.5, 0.6) is 17.2 Å². The first-order valence-electron chi connectivity index (χ1n) is 7.37. The predicted molar refractivity (Wildman–Crippen MR) is 86.2 cm³/mol. The van der Waals surface area contributed by atoms with Crippen molar-refractivity contribution in [3.8, 4) is 17.2 Å². The van der Waals surface area contributed by atoms with Gasteiger partial charge in [0.25, 0.3) is 5.91 Å². The molecule has 7 heteroatoms. The molecule has 2 heterocycles. The fourth-order valence-electron chi connectivity index (χ4n) is 1.98. The van der Waals surface area contributed by atoms with Gasteiger partial charge in [-0.25, -0.2) is 4.98 Å². The molecule has 1 aromatic heterocycles. The Morgan fingerprint density at radius 1 is 1.39 bits per heavy atom. The summed E-state index contributed by atoms with van der Waals surface area (Å²) in [6.07, 6.45) is 0. The summed E-state index contributed by atoms with van der Waals surface area (Å²) >= 11 is 1.40. The van der Waals surface area contributed by atoms with E-state index in [0.717, 1.165) is 10.8 Å². The van der Waals surface area contributed by atoms with Crippen molar-refractivity contribution >= 4 is 17.2 Å². The lowest BCUT2D eigenvalue weighted by molar-refractivity contribution is 0.0944. The third-order valence-electron chi connectivity index (χ3n) is 3.16. The first-order valence-corrected chi connectivity index (χ1v) is 8.25. The van der Waals surface area contributed by atoms with E-state index in [1.54, 1.807) is 11.4 Å². The Labute approximate surface area is 138 Å². The summed E-state index contributed by atoms with van der Waals surface area (Å²) in [5, 5.41) is 5.34. The molecule has 0 atom stereocenters. The third kappa shape index (κ3) is 3.92. The van der Waals surface area contributed by atoms with Gasteiger partial charge in [-0.3, -0.25) is 4.79 Å². The third-order valence-corrected chi connectivity index (χ3v) is 3.98. The molecule has 3 rings (SSSR count). The van der Waals surface area contributed by atoms with Crippen molar-refractivity contribution in [2.45, 2.75) is 20.5 Å². The topological polar surface area (TPSA) is 69.7 Å². The molecule has 1 amide bonds. The molecular weight excluding hydrogens is 316 g/mol. The first-order chi connectivity index (χ1) is 11.1. The number of ether oxygens (including phenoxy) is 3. The average molecular weight is 334 g/mol. The van der Waals surface area contributed by atoms with Gasteiger partial charge in [-0.2, -0.15) is 0 Å². The van der Waals surface area contributed by atoms with Gasteiger partial charge in [-0.15, -0.1) is 11.3 Å². The Hall–Kier alpha value is -2.28. The first kappa shape index (κ1) is 15.6. The molecule has 0 bridgehead atoms. The number of thiazole rings is 1. The Kier molecular flexibility index (Phi) is 4.66. The van der Waals surface area contributed by atoms with Crippen molar-refractivity contribution in [1.82, 2.24) is 10.3 Å². The summed E-state index contributed by atoms with van der Waals surface area (Å²) < 4.78 is 16.2. The molecule has 1 aromatic carbocycles. The lowest BCUT2D eigenvalue weighted by Crippen LogP contribution is -2.27. The summed E-state index contributed by atoms with van der Waals surface area (Å²) in [7, 11) is 0. The van der Waals surface area contributed by atoms with E-state index < -0.39 is 0 Å². The second-order valence-electron chi connectivity index (χ2n) is 5.53. The van der Waals surface area contributed by atoms with Gasteiger partial charge in [0.1, 0.15) is 23.1 Å². The predicted octanol–water partition coefficient (Wildman–Crippen LogP) is 2.84. The molecule has 1 aliphatic heterocycles. The Morgan fingerprint density at radius 2 is 2.22 bits per heavy atom. The second kappa shape index (κ2) is 6.87. The van der Waals surface area contributed by atoms with E-state index in [1.165, 1.54) is 11.3 Å². The number of amides is 1. The van der Waals surface area contributed by atoms with Crippen molar-refractivity contribution in [2.24, 2.45) is 5.92 Å². The average Bonchev–Trinajstić information content (AvgIpc) is 3.19. The van der Waals surface area contributed by atoms with Crippen LogP contribution in [0.25, 0.3) is 0 Å². The molecule has 0 unspecified atom stereocenters. The molecule has 0 spiro atoms. The van der Waals surface area contributed by atoms with Crippen molar-refractivity contribution in [2.75, 3.05) is 13.3 Å². The highest BCUT2D eigenvalue weighted by molar-refractivity contribution is 7.09. The molecule has 0 saturated heterocycles. The highest BCUT2D eigenvalue weighted by Gasteiger charge is 2.15. The van der Waals surface area contributed by atoms with E-state index in [1.807, 2.05) is 26.0 Å². The van der Waals surface area contributed by atoms with Crippen LogP contribution in [0, 0.1) is 5.92 Å². The number of hydrogen-bond donors (Lipinski definition) is 1. The summed E-state index contributed by atoms with van der Waals surface area (Å²) in [5.74, 6) is 2.33. The fraction of sp³-hybridized carbons (Fsp3) is 0.375. The minimum Gasteiger partial charge on any atom is -0.486 e. The van der Waals surface area contributed by atoms with E-state index in [2.05, 4.69) is 10.3 Å². The number of rotatable bonds is 6. The Bertz CT molecular complexity index is 699. The monoisotopic (exact) mass is 334 g/mol. The maximum atomic E-state index is 11.9. The summed E-state index contributed by atoms with van der Waals surface area (Å²) in [6, 6.07) is 5.41. The molecule has 0 aliphatic carbocycles. The molecule has 0 radical (unpaired) electrons. The molecule has 1 N–H and O–H groups in total. The van der Waals surface area contributed by atoms with E-state index in [0.29, 0.717) is 36.3 Å². The molecule has 6 nitrogen and oxygen atoms in total. The van der Waals surface area contributed by atoms with Gasteiger partial charge >= 0.3 is 0 Å². The second-order valence-corrected chi connectivity index (χ2v) is 6.48. The molecule has 0 fully saturated rings. The number of nitrogens with zero attached hydrogens (tertiary/aromatic N) is 1. The number of aromatic nitrogens is 1.